The third-order valence-electron chi connectivity index (χ3n) is 0.504. The molecule has 0 aromatic carbocycles. The van der Waals surface area contributed by atoms with Crippen molar-refractivity contribution in [1.29, 1.82) is 0 Å². The fraction of sp³-hybridized carbons (Fsp3) is 0.600. The largest absolute Gasteiger partial charge is 0.513 e. The van der Waals surface area contributed by atoms with Crippen LogP contribution in [0.25, 0.3) is 0 Å². The van der Waals surface area contributed by atoms with Crippen molar-refractivity contribution >= 4 is 9.24 Å². The minimum Gasteiger partial charge on any atom is -0.513 e. The summed E-state index contributed by atoms with van der Waals surface area (Å²) in [6.07, 6.45) is 1.77. The standard InChI is InChI=1S/C5H11OP/c1-4(6)3-5(2)7/h3,5-6H,7H2,1-2H3/b4-3-. The molecule has 1 N–H and O–H groups in total. The van der Waals surface area contributed by atoms with E-state index in [0.29, 0.717) is 11.4 Å². The fourth-order valence-corrected chi connectivity index (χ4v) is 0.659. The summed E-state index contributed by atoms with van der Waals surface area (Å²) in [7, 11) is 2.57. The number of hydrogen-bond acceptors (Lipinski definition) is 1. The van der Waals surface area contributed by atoms with Crippen molar-refractivity contribution in [3.63, 3.8) is 0 Å². The van der Waals surface area contributed by atoms with E-state index in [1.165, 1.54) is 0 Å². The first kappa shape index (κ1) is 6.97. The lowest BCUT2D eigenvalue weighted by Gasteiger charge is -1.92. The molecule has 1 nitrogen and oxygen atoms in total. The Labute approximate surface area is 46.6 Å². The van der Waals surface area contributed by atoms with Crippen LogP contribution in [0.3, 0.4) is 0 Å². The van der Waals surface area contributed by atoms with E-state index in [0.717, 1.165) is 0 Å². The second-order valence-electron chi connectivity index (χ2n) is 1.67. The molecule has 0 rings (SSSR count). The molecule has 2 heteroatoms. The zero-order valence-corrected chi connectivity index (χ0v) is 5.83. The smallest absolute Gasteiger partial charge is 0.0858 e. The lowest BCUT2D eigenvalue weighted by atomic mass is 10.4. The first-order chi connectivity index (χ1) is 3.13. The molecule has 0 radical (unpaired) electrons. The third kappa shape index (κ3) is 5.97. The molecule has 0 aromatic rings. The second kappa shape index (κ2) is 3.04. The maximum atomic E-state index is 8.57. The van der Waals surface area contributed by atoms with Crippen molar-refractivity contribution in [3.05, 3.63) is 11.8 Å². The molecule has 42 valence electrons. The zero-order chi connectivity index (χ0) is 5.86. The number of hydrogen-bond donors (Lipinski definition) is 1. The van der Waals surface area contributed by atoms with E-state index >= 15 is 0 Å². The Kier molecular flexibility index (Phi) is 3.02. The molecule has 0 aromatic heterocycles. The van der Waals surface area contributed by atoms with Crippen LogP contribution in [0, 0.1) is 0 Å². The summed E-state index contributed by atoms with van der Waals surface area (Å²) >= 11 is 0. The third-order valence-corrected chi connectivity index (χ3v) is 0.697. The van der Waals surface area contributed by atoms with Gasteiger partial charge < -0.3 is 5.11 Å². The van der Waals surface area contributed by atoms with E-state index in [-0.39, 0.29) is 0 Å². The highest BCUT2D eigenvalue weighted by Crippen LogP contribution is 2.00. The lowest BCUT2D eigenvalue weighted by Crippen LogP contribution is -1.82. The van der Waals surface area contributed by atoms with Gasteiger partial charge in [-0.05, 0) is 18.7 Å². The highest BCUT2D eigenvalue weighted by atomic mass is 31.0. The predicted molar refractivity (Wildman–Crippen MR) is 35.6 cm³/mol. The van der Waals surface area contributed by atoms with E-state index in [2.05, 4.69) is 9.24 Å². The van der Waals surface area contributed by atoms with Gasteiger partial charge in [0.25, 0.3) is 0 Å². The molecule has 0 aliphatic heterocycles. The number of aliphatic hydroxyl groups is 1. The van der Waals surface area contributed by atoms with Crippen LogP contribution < -0.4 is 0 Å². The van der Waals surface area contributed by atoms with Gasteiger partial charge in [0, 0.05) is 0 Å². The Hall–Kier alpha value is -0.0300. The van der Waals surface area contributed by atoms with Crippen molar-refractivity contribution in [3.8, 4) is 0 Å². The van der Waals surface area contributed by atoms with E-state index in [9.17, 15) is 0 Å². The SMILES string of the molecule is C/C(O)=C/C(C)P. The lowest BCUT2D eigenvalue weighted by molar-refractivity contribution is 0.412. The molecule has 7 heavy (non-hydrogen) atoms. The van der Waals surface area contributed by atoms with Gasteiger partial charge in [0.05, 0.1) is 5.76 Å². The van der Waals surface area contributed by atoms with Gasteiger partial charge in [-0.1, -0.05) is 6.92 Å². The van der Waals surface area contributed by atoms with Gasteiger partial charge in [-0.3, -0.25) is 0 Å². The van der Waals surface area contributed by atoms with Gasteiger partial charge in [0.1, 0.15) is 0 Å². The molecule has 0 heterocycles. The minimum atomic E-state index is 0.380. The normalized spacial score (nSPS) is 16.7. The summed E-state index contributed by atoms with van der Waals surface area (Å²) < 4.78 is 0. The molecule has 0 aliphatic carbocycles. The van der Waals surface area contributed by atoms with Gasteiger partial charge in [0.2, 0.25) is 0 Å². The Morgan fingerprint density at radius 3 is 2.29 bits per heavy atom. The topological polar surface area (TPSA) is 20.2 Å². The average molecular weight is 118 g/mol. The molecule has 0 saturated carbocycles. The Morgan fingerprint density at radius 1 is 1.86 bits per heavy atom. The minimum absolute atomic E-state index is 0.380. The van der Waals surface area contributed by atoms with E-state index in [4.69, 9.17) is 5.11 Å². The molecule has 0 bridgehead atoms. The van der Waals surface area contributed by atoms with Gasteiger partial charge in [-0.15, -0.1) is 9.24 Å². The molecule has 0 saturated heterocycles. The van der Waals surface area contributed by atoms with Crippen molar-refractivity contribution in [2.75, 3.05) is 0 Å². The monoisotopic (exact) mass is 118 g/mol. The van der Waals surface area contributed by atoms with Crippen molar-refractivity contribution in [2.45, 2.75) is 19.5 Å². The van der Waals surface area contributed by atoms with Crippen LogP contribution in [-0.2, 0) is 0 Å². The van der Waals surface area contributed by atoms with Crippen LogP contribution in [-0.4, -0.2) is 10.8 Å². The summed E-state index contributed by atoms with van der Waals surface area (Å²) in [5.41, 5.74) is 0.380. The molecule has 0 amide bonds. The van der Waals surface area contributed by atoms with Crippen molar-refractivity contribution in [1.82, 2.24) is 0 Å². The maximum Gasteiger partial charge on any atom is 0.0858 e. The predicted octanol–water partition coefficient (Wildman–Crippen LogP) is 1.71. The highest BCUT2D eigenvalue weighted by molar-refractivity contribution is 7.17. The number of allylic oxidation sites excluding steroid dienone is 2. The van der Waals surface area contributed by atoms with Crippen LogP contribution in [0.4, 0.5) is 0 Å². The summed E-state index contributed by atoms with van der Waals surface area (Å²) in [6, 6.07) is 0. The first-order valence-electron chi connectivity index (χ1n) is 2.26. The first-order valence-corrected chi connectivity index (χ1v) is 2.92. The van der Waals surface area contributed by atoms with Crippen LogP contribution in [0.1, 0.15) is 13.8 Å². The Balaban J connectivity index is 3.45. The molecule has 0 aliphatic rings. The molecular weight excluding hydrogens is 107 g/mol. The zero-order valence-electron chi connectivity index (χ0n) is 4.68. The molecule has 0 fully saturated rings. The molecular formula is C5H11OP. The maximum absolute atomic E-state index is 8.57. The molecule has 0 spiro atoms. The number of aliphatic hydroxyl groups excluding tert-OH is 1. The molecule has 2 atom stereocenters. The van der Waals surface area contributed by atoms with Crippen LogP contribution >= 0.6 is 9.24 Å². The van der Waals surface area contributed by atoms with Gasteiger partial charge >= 0.3 is 0 Å². The summed E-state index contributed by atoms with van der Waals surface area (Å²) in [5, 5.41) is 8.57. The van der Waals surface area contributed by atoms with Gasteiger partial charge in [0.15, 0.2) is 0 Å². The Morgan fingerprint density at radius 2 is 2.29 bits per heavy atom. The van der Waals surface area contributed by atoms with Gasteiger partial charge in [-0.2, -0.15) is 0 Å². The van der Waals surface area contributed by atoms with E-state index in [1.807, 2.05) is 6.92 Å². The quantitative estimate of drug-likeness (QED) is 0.410. The summed E-state index contributed by atoms with van der Waals surface area (Å²) in [6.45, 7) is 3.66. The van der Waals surface area contributed by atoms with E-state index in [1.54, 1.807) is 13.0 Å². The van der Waals surface area contributed by atoms with Crippen molar-refractivity contribution in [2.24, 2.45) is 0 Å². The van der Waals surface area contributed by atoms with E-state index < -0.39 is 0 Å². The fourth-order valence-electron chi connectivity index (χ4n) is 0.380. The van der Waals surface area contributed by atoms with Crippen molar-refractivity contribution < 1.29 is 5.11 Å². The van der Waals surface area contributed by atoms with Gasteiger partial charge in [-0.25, -0.2) is 0 Å². The second-order valence-corrected chi connectivity index (χ2v) is 2.72. The average Bonchev–Trinajstić information content (AvgIpc) is 1.27. The van der Waals surface area contributed by atoms with Crippen LogP contribution in [0.15, 0.2) is 11.8 Å². The highest BCUT2D eigenvalue weighted by Gasteiger charge is 1.84. The molecule has 2 unspecified atom stereocenters. The van der Waals surface area contributed by atoms with Crippen LogP contribution in [0.5, 0.6) is 0 Å². The number of rotatable bonds is 1. The Bertz CT molecular complexity index is 72.1. The summed E-state index contributed by atoms with van der Waals surface area (Å²) in [4.78, 5) is 0. The van der Waals surface area contributed by atoms with Crippen LogP contribution in [0.2, 0.25) is 0 Å². The summed E-state index contributed by atoms with van der Waals surface area (Å²) in [5.74, 6) is 0.391.